The maximum absolute atomic E-state index is 13.0. The number of likely N-dealkylation sites (tertiary alicyclic amines) is 1. The molecular formula is C32H46N4O3. The number of nitrogens with zero attached hydrogens (tertiary/aromatic N) is 4. The summed E-state index contributed by atoms with van der Waals surface area (Å²) in [5.41, 5.74) is 3.75. The van der Waals surface area contributed by atoms with Crippen LogP contribution in [0.4, 0.5) is 5.95 Å². The molecule has 1 amide bonds. The van der Waals surface area contributed by atoms with E-state index in [1.54, 1.807) is 0 Å². The lowest BCUT2D eigenvalue weighted by molar-refractivity contribution is -0.137. The second-order valence-corrected chi connectivity index (χ2v) is 11.5. The molecule has 7 nitrogen and oxygen atoms in total. The Balaban J connectivity index is 0.00000370. The van der Waals surface area contributed by atoms with Gasteiger partial charge in [-0.3, -0.25) is 4.79 Å². The summed E-state index contributed by atoms with van der Waals surface area (Å²) < 4.78 is 6.16. The van der Waals surface area contributed by atoms with Gasteiger partial charge in [0, 0.05) is 52.5 Å². The number of aryl methyl sites for hydroxylation is 1. The lowest BCUT2D eigenvalue weighted by Crippen LogP contribution is -2.42. The van der Waals surface area contributed by atoms with Gasteiger partial charge in [-0.15, -0.1) is 0 Å². The lowest BCUT2D eigenvalue weighted by Gasteiger charge is -2.35. The van der Waals surface area contributed by atoms with Crippen molar-refractivity contribution in [1.29, 1.82) is 0 Å². The topological polar surface area (TPSA) is 78.8 Å². The molecule has 0 saturated carbocycles. The van der Waals surface area contributed by atoms with Crippen molar-refractivity contribution in [1.82, 2.24) is 14.9 Å². The van der Waals surface area contributed by atoms with Crippen LogP contribution in [0.2, 0.25) is 0 Å². The highest BCUT2D eigenvalue weighted by Crippen LogP contribution is 2.33. The molecular weight excluding hydrogens is 488 g/mol. The number of aromatic nitrogens is 2. The summed E-state index contributed by atoms with van der Waals surface area (Å²) in [4.78, 5) is 26.5. The Kier molecular flexibility index (Phi) is 9.51. The molecule has 2 saturated heterocycles. The number of hydrogen-bond acceptors (Lipinski definition) is 6. The Morgan fingerprint density at radius 1 is 1.00 bits per heavy atom. The predicted molar refractivity (Wildman–Crippen MR) is 157 cm³/mol. The Bertz CT molecular complexity index is 1090. The van der Waals surface area contributed by atoms with E-state index in [0.717, 1.165) is 102 Å². The van der Waals surface area contributed by atoms with Gasteiger partial charge in [0.05, 0.1) is 6.61 Å². The van der Waals surface area contributed by atoms with E-state index in [1.807, 2.05) is 12.4 Å². The van der Waals surface area contributed by atoms with Crippen LogP contribution in [0.5, 0.6) is 5.75 Å². The molecule has 1 N–H and O–H groups in total. The number of ether oxygens (including phenoxy) is 1. The lowest BCUT2D eigenvalue weighted by atomic mass is 9.85. The van der Waals surface area contributed by atoms with Gasteiger partial charge in [-0.2, -0.15) is 0 Å². The normalized spacial score (nSPS) is 21.1. The highest BCUT2D eigenvalue weighted by molar-refractivity contribution is 5.81. The summed E-state index contributed by atoms with van der Waals surface area (Å²) in [6.07, 6.45) is 14.9. The molecule has 39 heavy (non-hydrogen) atoms. The van der Waals surface area contributed by atoms with Crippen LogP contribution < -0.4 is 9.64 Å². The molecule has 3 aliphatic rings. The van der Waals surface area contributed by atoms with Crippen molar-refractivity contribution in [3.05, 3.63) is 53.9 Å². The van der Waals surface area contributed by atoms with E-state index in [-0.39, 0.29) is 14.0 Å². The molecule has 212 valence electrons. The summed E-state index contributed by atoms with van der Waals surface area (Å²) in [7, 11) is 0. The molecule has 1 aromatic heterocycles. The van der Waals surface area contributed by atoms with E-state index < -0.39 is 0 Å². The molecule has 2 aromatic rings. The molecule has 3 heterocycles. The average Bonchev–Trinajstić information content (AvgIpc) is 3.01. The Morgan fingerprint density at radius 3 is 2.31 bits per heavy atom. The van der Waals surface area contributed by atoms with Crippen LogP contribution in [-0.2, 0) is 11.2 Å². The number of aliphatic hydroxyl groups excluding tert-OH is 1. The first-order valence-corrected chi connectivity index (χ1v) is 15.0. The highest BCUT2D eigenvalue weighted by Gasteiger charge is 2.29. The Morgan fingerprint density at radius 2 is 1.69 bits per heavy atom. The van der Waals surface area contributed by atoms with Gasteiger partial charge in [0.2, 0.25) is 11.9 Å². The van der Waals surface area contributed by atoms with Gasteiger partial charge >= 0.3 is 0 Å². The Labute approximate surface area is 234 Å². The van der Waals surface area contributed by atoms with Crippen molar-refractivity contribution >= 4 is 17.4 Å². The van der Waals surface area contributed by atoms with E-state index in [2.05, 4.69) is 57.0 Å². The minimum absolute atomic E-state index is 0. The molecule has 2 fully saturated rings. The van der Waals surface area contributed by atoms with Gasteiger partial charge in [0.25, 0.3) is 0 Å². The SMILES string of the molecule is CCc1cnc(N2CCC(COc3ccc(C4=CCC(C(=O)N5CCC(CCO)CC5)CC4)cc3)CC2)nc1.[HH]. The number of rotatable bonds is 9. The van der Waals surface area contributed by atoms with Gasteiger partial charge in [0.15, 0.2) is 0 Å². The third-order valence-electron chi connectivity index (χ3n) is 8.93. The zero-order chi connectivity index (χ0) is 27.0. The largest absolute Gasteiger partial charge is 0.493 e. The molecule has 1 atom stereocenters. The highest BCUT2D eigenvalue weighted by atomic mass is 16.5. The summed E-state index contributed by atoms with van der Waals surface area (Å²) in [5, 5.41) is 9.17. The molecule has 5 rings (SSSR count). The van der Waals surface area contributed by atoms with Crippen LogP contribution in [-0.4, -0.2) is 65.3 Å². The summed E-state index contributed by atoms with van der Waals surface area (Å²) >= 11 is 0. The third kappa shape index (κ3) is 7.18. The molecule has 0 spiro atoms. The fourth-order valence-electron chi connectivity index (χ4n) is 6.18. The molecule has 0 radical (unpaired) electrons. The number of aliphatic hydroxyl groups is 1. The maximum Gasteiger partial charge on any atom is 0.226 e. The monoisotopic (exact) mass is 534 g/mol. The number of carbonyl (C=O) groups is 1. The number of amides is 1. The van der Waals surface area contributed by atoms with Gasteiger partial charge in [-0.1, -0.05) is 25.1 Å². The van der Waals surface area contributed by atoms with Crippen LogP contribution in [0.25, 0.3) is 5.57 Å². The first kappa shape index (κ1) is 27.6. The number of hydrogen-bond donors (Lipinski definition) is 1. The Hall–Kier alpha value is -2.93. The van der Waals surface area contributed by atoms with Crippen molar-refractivity contribution < 1.29 is 16.1 Å². The fraction of sp³-hybridized carbons (Fsp3) is 0.594. The van der Waals surface area contributed by atoms with Crippen molar-refractivity contribution in [3.8, 4) is 5.75 Å². The van der Waals surface area contributed by atoms with Gasteiger partial charge in [-0.25, -0.2) is 9.97 Å². The molecule has 2 aliphatic heterocycles. The van der Waals surface area contributed by atoms with E-state index in [1.165, 1.54) is 16.7 Å². The van der Waals surface area contributed by atoms with Crippen molar-refractivity contribution in [2.24, 2.45) is 17.8 Å². The second-order valence-electron chi connectivity index (χ2n) is 11.5. The van der Waals surface area contributed by atoms with E-state index >= 15 is 0 Å². The minimum atomic E-state index is 0. The van der Waals surface area contributed by atoms with Crippen LogP contribution in [0.15, 0.2) is 42.7 Å². The summed E-state index contributed by atoms with van der Waals surface area (Å²) in [6.45, 7) is 6.75. The smallest absolute Gasteiger partial charge is 0.226 e. The maximum atomic E-state index is 13.0. The van der Waals surface area contributed by atoms with Crippen LogP contribution in [0.1, 0.15) is 70.8 Å². The van der Waals surface area contributed by atoms with Crippen LogP contribution in [0.3, 0.4) is 0 Å². The third-order valence-corrected chi connectivity index (χ3v) is 8.93. The van der Waals surface area contributed by atoms with E-state index in [4.69, 9.17) is 9.84 Å². The van der Waals surface area contributed by atoms with Crippen LogP contribution >= 0.6 is 0 Å². The molecule has 1 unspecified atom stereocenters. The molecule has 0 bridgehead atoms. The average molecular weight is 535 g/mol. The number of benzene rings is 1. The van der Waals surface area contributed by atoms with E-state index in [9.17, 15) is 4.79 Å². The van der Waals surface area contributed by atoms with Crippen molar-refractivity contribution in [2.75, 3.05) is 44.3 Å². The van der Waals surface area contributed by atoms with Gasteiger partial charge in [-0.05, 0) is 98.5 Å². The number of carbonyl (C=O) groups excluding carboxylic acids is 1. The quantitative estimate of drug-likeness (QED) is 0.465. The summed E-state index contributed by atoms with van der Waals surface area (Å²) in [5.74, 6) is 3.32. The molecule has 1 aliphatic carbocycles. The second kappa shape index (κ2) is 13.4. The first-order valence-electron chi connectivity index (χ1n) is 15.0. The van der Waals surface area contributed by atoms with Crippen molar-refractivity contribution in [3.63, 3.8) is 0 Å². The minimum Gasteiger partial charge on any atom is -0.493 e. The first-order chi connectivity index (χ1) is 19.1. The standard InChI is InChI=1S/C32H44N4O3.H2/c1-2-24-21-33-32(34-22-24)36-18-13-26(14-19-36)23-39-30-9-7-28(8-10-30)27-3-5-29(6-4-27)31(38)35-16-11-25(12-17-35)15-20-37;/h3,7-10,21-22,25-26,29,37H,2,4-6,11-20,23H2,1H3;1H. The fourth-order valence-corrected chi connectivity index (χ4v) is 6.18. The zero-order valence-electron chi connectivity index (χ0n) is 23.4. The number of piperidine rings is 2. The van der Waals surface area contributed by atoms with Crippen molar-refractivity contribution in [2.45, 2.75) is 64.7 Å². The van der Waals surface area contributed by atoms with E-state index in [0.29, 0.717) is 17.7 Å². The molecule has 7 heteroatoms. The number of anilines is 1. The van der Waals surface area contributed by atoms with Gasteiger partial charge in [0.1, 0.15) is 5.75 Å². The number of allylic oxidation sites excluding steroid dienone is 2. The zero-order valence-corrected chi connectivity index (χ0v) is 23.4. The van der Waals surface area contributed by atoms with Gasteiger partial charge < -0.3 is 19.6 Å². The van der Waals surface area contributed by atoms with Crippen LogP contribution in [0, 0.1) is 17.8 Å². The predicted octanol–water partition coefficient (Wildman–Crippen LogP) is 5.38. The molecule has 1 aromatic carbocycles. The summed E-state index contributed by atoms with van der Waals surface area (Å²) in [6, 6.07) is 8.49.